The molecule has 0 fully saturated rings. The van der Waals surface area contributed by atoms with Crippen LogP contribution in [0.5, 0.6) is 0 Å². The van der Waals surface area contributed by atoms with Crippen LogP contribution in [0, 0.1) is 6.92 Å². The summed E-state index contributed by atoms with van der Waals surface area (Å²) < 4.78 is 28.6. The molecule has 0 amide bonds. The van der Waals surface area contributed by atoms with Gasteiger partial charge in [0.1, 0.15) is 0 Å². The van der Waals surface area contributed by atoms with Gasteiger partial charge in [-0.2, -0.15) is 5.10 Å². The van der Waals surface area contributed by atoms with Crippen LogP contribution in [-0.4, -0.2) is 24.7 Å². The van der Waals surface area contributed by atoms with E-state index in [1.807, 2.05) is 20.0 Å². The second kappa shape index (κ2) is 6.28. The average Bonchev–Trinajstić information content (AvgIpc) is 2.84. The van der Waals surface area contributed by atoms with Gasteiger partial charge < -0.3 is 5.73 Å². The molecule has 0 unspecified atom stereocenters. The topological polar surface area (TPSA) is 90.0 Å². The molecule has 1 aromatic carbocycles. The number of nitrogen functional groups attached to an aromatic ring is 1. The number of nitrogens with two attached hydrogens (primary N) is 1. The number of nitrogens with one attached hydrogen (secondary N) is 1. The van der Waals surface area contributed by atoms with E-state index in [2.05, 4.69) is 9.82 Å². The number of hydrogen-bond acceptors (Lipinski definition) is 4. The maximum atomic E-state index is 12.2. The smallest absolute Gasteiger partial charge is 0.240 e. The molecule has 0 aliphatic carbocycles. The SMILES string of the molecule is CCc1ccc(S(=O)(=O)NCCn2cc(C)cn2)cc1N. The van der Waals surface area contributed by atoms with Crippen LogP contribution in [-0.2, 0) is 23.0 Å². The third-order valence-electron chi connectivity index (χ3n) is 3.20. The molecule has 0 aliphatic heterocycles. The Morgan fingerprint density at radius 2 is 2.14 bits per heavy atom. The first-order chi connectivity index (χ1) is 9.92. The van der Waals surface area contributed by atoms with Crippen LogP contribution >= 0.6 is 0 Å². The fourth-order valence-electron chi connectivity index (χ4n) is 2.03. The van der Waals surface area contributed by atoms with Crippen molar-refractivity contribution in [1.82, 2.24) is 14.5 Å². The van der Waals surface area contributed by atoms with Crippen molar-refractivity contribution >= 4 is 15.7 Å². The average molecular weight is 308 g/mol. The van der Waals surface area contributed by atoms with E-state index in [-0.39, 0.29) is 11.4 Å². The fraction of sp³-hybridized carbons (Fsp3) is 0.357. The molecule has 0 saturated heterocycles. The van der Waals surface area contributed by atoms with Crippen molar-refractivity contribution in [3.63, 3.8) is 0 Å². The van der Waals surface area contributed by atoms with Gasteiger partial charge in [-0.05, 0) is 36.6 Å². The molecular formula is C14H20N4O2S. The van der Waals surface area contributed by atoms with Gasteiger partial charge in [0, 0.05) is 18.4 Å². The number of sulfonamides is 1. The van der Waals surface area contributed by atoms with E-state index < -0.39 is 10.0 Å². The van der Waals surface area contributed by atoms with E-state index in [1.165, 1.54) is 6.07 Å². The van der Waals surface area contributed by atoms with Crippen LogP contribution in [0.1, 0.15) is 18.1 Å². The lowest BCUT2D eigenvalue weighted by Crippen LogP contribution is -2.27. The lowest BCUT2D eigenvalue weighted by atomic mass is 10.1. The minimum absolute atomic E-state index is 0.189. The Hall–Kier alpha value is -1.86. The van der Waals surface area contributed by atoms with Crippen molar-refractivity contribution in [2.45, 2.75) is 31.7 Å². The fourth-order valence-corrected chi connectivity index (χ4v) is 3.09. The van der Waals surface area contributed by atoms with Crippen molar-refractivity contribution in [3.05, 3.63) is 41.7 Å². The molecular weight excluding hydrogens is 288 g/mol. The number of benzene rings is 1. The number of hydrogen-bond donors (Lipinski definition) is 2. The molecule has 6 nitrogen and oxygen atoms in total. The van der Waals surface area contributed by atoms with Gasteiger partial charge in [0.2, 0.25) is 10.0 Å². The van der Waals surface area contributed by atoms with Gasteiger partial charge in [0.05, 0.1) is 17.6 Å². The Bertz CT molecular complexity index is 722. The Balaban J connectivity index is 2.02. The normalized spacial score (nSPS) is 11.7. The maximum Gasteiger partial charge on any atom is 0.240 e. The first-order valence-corrected chi connectivity index (χ1v) is 8.28. The lowest BCUT2D eigenvalue weighted by molar-refractivity contribution is 0.561. The molecule has 114 valence electrons. The van der Waals surface area contributed by atoms with E-state index in [0.717, 1.165) is 17.5 Å². The van der Waals surface area contributed by atoms with E-state index in [9.17, 15) is 8.42 Å². The van der Waals surface area contributed by atoms with Crippen molar-refractivity contribution in [2.75, 3.05) is 12.3 Å². The van der Waals surface area contributed by atoms with Crippen molar-refractivity contribution in [2.24, 2.45) is 0 Å². The molecule has 0 saturated carbocycles. The monoisotopic (exact) mass is 308 g/mol. The van der Waals surface area contributed by atoms with Crippen LogP contribution in [0.2, 0.25) is 0 Å². The van der Waals surface area contributed by atoms with E-state index in [1.54, 1.807) is 23.0 Å². The molecule has 0 radical (unpaired) electrons. The van der Waals surface area contributed by atoms with Crippen LogP contribution < -0.4 is 10.5 Å². The highest BCUT2D eigenvalue weighted by molar-refractivity contribution is 7.89. The molecule has 21 heavy (non-hydrogen) atoms. The van der Waals surface area contributed by atoms with Gasteiger partial charge in [-0.15, -0.1) is 0 Å². The second-order valence-corrected chi connectivity index (χ2v) is 6.66. The summed E-state index contributed by atoms with van der Waals surface area (Å²) in [5.41, 5.74) is 8.34. The summed E-state index contributed by atoms with van der Waals surface area (Å²) in [5.74, 6) is 0. The summed E-state index contributed by atoms with van der Waals surface area (Å²) in [6.07, 6.45) is 4.37. The van der Waals surface area contributed by atoms with Gasteiger partial charge in [0.15, 0.2) is 0 Å². The summed E-state index contributed by atoms with van der Waals surface area (Å²) in [6, 6.07) is 4.83. The van der Waals surface area contributed by atoms with Crippen LogP contribution in [0.4, 0.5) is 5.69 Å². The zero-order valence-electron chi connectivity index (χ0n) is 12.2. The molecule has 1 heterocycles. The third kappa shape index (κ3) is 3.83. The minimum atomic E-state index is -3.54. The predicted octanol–water partition coefficient (Wildman–Crippen LogP) is 1.31. The highest BCUT2D eigenvalue weighted by atomic mass is 32.2. The second-order valence-electron chi connectivity index (χ2n) is 4.89. The molecule has 0 atom stereocenters. The Kier molecular flexibility index (Phi) is 4.64. The summed E-state index contributed by atoms with van der Waals surface area (Å²) in [6.45, 7) is 4.67. The standard InChI is InChI=1S/C14H20N4O2S/c1-3-12-4-5-13(8-14(12)15)21(19,20)17-6-7-18-10-11(2)9-16-18/h4-5,8-10,17H,3,6-7,15H2,1-2H3. The highest BCUT2D eigenvalue weighted by Crippen LogP contribution is 2.18. The van der Waals surface area contributed by atoms with E-state index in [0.29, 0.717) is 12.2 Å². The van der Waals surface area contributed by atoms with E-state index in [4.69, 9.17) is 5.73 Å². The van der Waals surface area contributed by atoms with Crippen molar-refractivity contribution < 1.29 is 8.42 Å². The molecule has 0 bridgehead atoms. The number of nitrogens with zero attached hydrogens (tertiary/aromatic N) is 2. The zero-order chi connectivity index (χ0) is 15.5. The van der Waals surface area contributed by atoms with Gasteiger partial charge in [-0.1, -0.05) is 13.0 Å². The summed E-state index contributed by atoms with van der Waals surface area (Å²) in [5, 5.41) is 4.11. The van der Waals surface area contributed by atoms with Gasteiger partial charge in [-0.3, -0.25) is 4.68 Å². The van der Waals surface area contributed by atoms with Gasteiger partial charge in [0.25, 0.3) is 0 Å². The van der Waals surface area contributed by atoms with Crippen molar-refractivity contribution in [3.8, 4) is 0 Å². The molecule has 2 aromatic rings. The molecule has 3 N–H and O–H groups in total. The predicted molar refractivity (Wildman–Crippen MR) is 82.4 cm³/mol. The van der Waals surface area contributed by atoms with Crippen LogP contribution in [0.25, 0.3) is 0 Å². The first-order valence-electron chi connectivity index (χ1n) is 6.79. The molecule has 2 rings (SSSR count). The molecule has 0 aliphatic rings. The summed E-state index contributed by atoms with van der Waals surface area (Å²) in [4.78, 5) is 0.189. The lowest BCUT2D eigenvalue weighted by Gasteiger charge is -2.09. The number of aryl methyl sites for hydroxylation is 2. The third-order valence-corrected chi connectivity index (χ3v) is 4.66. The van der Waals surface area contributed by atoms with Gasteiger partial charge in [-0.25, -0.2) is 13.1 Å². The van der Waals surface area contributed by atoms with Crippen LogP contribution in [0.3, 0.4) is 0 Å². The number of rotatable bonds is 6. The summed E-state index contributed by atoms with van der Waals surface area (Å²) in [7, 11) is -3.54. The molecule has 1 aromatic heterocycles. The minimum Gasteiger partial charge on any atom is -0.398 e. The Morgan fingerprint density at radius 3 is 2.71 bits per heavy atom. The number of aromatic nitrogens is 2. The quantitative estimate of drug-likeness (QED) is 0.787. The Morgan fingerprint density at radius 1 is 1.38 bits per heavy atom. The maximum absolute atomic E-state index is 12.2. The van der Waals surface area contributed by atoms with Gasteiger partial charge >= 0.3 is 0 Å². The summed E-state index contributed by atoms with van der Waals surface area (Å²) >= 11 is 0. The molecule has 7 heteroatoms. The Labute approximate surface area is 125 Å². The largest absolute Gasteiger partial charge is 0.398 e. The zero-order valence-corrected chi connectivity index (χ0v) is 13.0. The first kappa shape index (κ1) is 15.5. The molecule has 0 spiro atoms. The van der Waals surface area contributed by atoms with E-state index >= 15 is 0 Å². The van der Waals surface area contributed by atoms with Crippen LogP contribution in [0.15, 0.2) is 35.5 Å². The highest BCUT2D eigenvalue weighted by Gasteiger charge is 2.14. The van der Waals surface area contributed by atoms with Crippen molar-refractivity contribution in [1.29, 1.82) is 0 Å². The number of anilines is 1.